The number of aliphatic imine (C=N–C) groups is 1. The number of hydrogen-bond donors (Lipinski definition) is 1. The maximum absolute atomic E-state index is 14.6. The molecule has 9 nitrogen and oxygen atoms in total. The van der Waals surface area contributed by atoms with E-state index in [1.54, 1.807) is 11.1 Å². The van der Waals surface area contributed by atoms with Gasteiger partial charge in [0, 0.05) is 51.7 Å². The summed E-state index contributed by atoms with van der Waals surface area (Å²) in [5.41, 5.74) is 6.40. The minimum absolute atomic E-state index is 0.0939. The van der Waals surface area contributed by atoms with Crippen LogP contribution in [0.4, 0.5) is 0 Å². The van der Waals surface area contributed by atoms with Gasteiger partial charge in [0.25, 0.3) is 23.6 Å². The lowest BCUT2D eigenvalue weighted by Crippen LogP contribution is -2.47. The van der Waals surface area contributed by atoms with Crippen molar-refractivity contribution in [2.24, 2.45) is 4.99 Å². The Morgan fingerprint density at radius 2 is 0.986 bits per heavy atom. The average Bonchev–Trinajstić information content (AvgIpc) is 3.37. The van der Waals surface area contributed by atoms with Gasteiger partial charge in [-0.25, -0.2) is 4.79 Å². The lowest BCUT2D eigenvalue weighted by Gasteiger charge is -2.35. The van der Waals surface area contributed by atoms with E-state index in [2.05, 4.69) is 18.8 Å². The molecule has 69 heavy (non-hydrogen) atoms. The van der Waals surface area contributed by atoms with Crippen LogP contribution in [-0.4, -0.2) is 62.8 Å². The fraction of sp³-hybridized carbons (Fsp3) is 0.267. The first-order valence-electron chi connectivity index (χ1n) is 24.6. The molecule has 0 aromatic heterocycles. The molecule has 2 heterocycles. The third kappa shape index (κ3) is 8.34. The topological polar surface area (TPSA) is 124 Å². The minimum atomic E-state index is -0.979. The first-order valence-corrected chi connectivity index (χ1v) is 24.6. The quantitative estimate of drug-likeness (QED) is 0.0283. The zero-order valence-electron chi connectivity index (χ0n) is 39.2. The fourth-order valence-electron chi connectivity index (χ4n) is 10.8. The zero-order valence-corrected chi connectivity index (χ0v) is 39.2. The fourth-order valence-corrected chi connectivity index (χ4v) is 10.8. The van der Waals surface area contributed by atoms with Crippen molar-refractivity contribution in [1.29, 1.82) is 0 Å². The summed E-state index contributed by atoms with van der Waals surface area (Å²) in [6.07, 6.45) is 12.2. The Morgan fingerprint density at radius 1 is 0.522 bits per heavy atom. The second kappa shape index (κ2) is 19.2. The van der Waals surface area contributed by atoms with Gasteiger partial charge in [-0.1, -0.05) is 168 Å². The molecule has 4 amide bonds. The van der Waals surface area contributed by atoms with Crippen LogP contribution in [0.5, 0.6) is 0 Å². The molecule has 0 aliphatic carbocycles. The zero-order chi connectivity index (χ0) is 47.8. The summed E-state index contributed by atoms with van der Waals surface area (Å²) in [5.74, 6) is -2.15. The van der Waals surface area contributed by atoms with Crippen molar-refractivity contribution in [2.75, 3.05) is 0 Å². The van der Waals surface area contributed by atoms with E-state index in [0.717, 1.165) is 124 Å². The second-order valence-corrected chi connectivity index (χ2v) is 18.8. The molecule has 0 spiro atoms. The Bertz CT molecular complexity index is 3190. The largest absolute Gasteiger partial charge is 0.480 e. The SMILES string of the molecule is CCCCCCC(CCCCCC)N1C(=O)c2ccc3c4ccc5c6c(ccc(c7ccc(c2c37)C1=O)c64)C(=O)N(Cc1ccc(-c2ccc(C=N[C@@H](Cc3ccccc3)C(=O)O)cc2)cc1)C5=O. The number of fused-ring (bicyclic) bond motifs is 2. The molecule has 1 atom stereocenters. The van der Waals surface area contributed by atoms with Gasteiger partial charge in [-0.3, -0.25) is 34.0 Å². The normalized spacial score (nSPS) is 14.2. The van der Waals surface area contributed by atoms with Gasteiger partial charge in [-0.2, -0.15) is 0 Å². The van der Waals surface area contributed by atoms with Crippen LogP contribution in [0.15, 0.2) is 132 Å². The van der Waals surface area contributed by atoms with Crippen LogP contribution < -0.4 is 0 Å². The summed E-state index contributed by atoms with van der Waals surface area (Å²) in [6.45, 7) is 4.47. The van der Waals surface area contributed by atoms with E-state index in [1.165, 1.54) is 4.90 Å². The molecule has 10 rings (SSSR count). The highest BCUT2D eigenvalue weighted by atomic mass is 16.4. The third-order valence-electron chi connectivity index (χ3n) is 14.4. The number of hydrogen-bond acceptors (Lipinski definition) is 6. The summed E-state index contributed by atoms with van der Waals surface area (Å²) in [5, 5.41) is 16.2. The number of rotatable bonds is 19. The Kier molecular flexibility index (Phi) is 12.6. The summed E-state index contributed by atoms with van der Waals surface area (Å²) in [6, 6.07) is 39.1. The maximum Gasteiger partial charge on any atom is 0.328 e. The number of nitrogens with zero attached hydrogens (tertiary/aromatic N) is 3. The number of unbranched alkanes of at least 4 members (excludes halogenated alkanes) is 6. The predicted octanol–water partition coefficient (Wildman–Crippen LogP) is 13.2. The second-order valence-electron chi connectivity index (χ2n) is 18.8. The molecule has 346 valence electrons. The molecular formula is C60H55N3O6. The molecule has 0 radical (unpaired) electrons. The van der Waals surface area contributed by atoms with E-state index in [-0.39, 0.29) is 36.2 Å². The highest BCUT2D eigenvalue weighted by Gasteiger charge is 2.39. The molecule has 9 heteroatoms. The van der Waals surface area contributed by atoms with Gasteiger partial charge in [0.05, 0.1) is 6.54 Å². The Morgan fingerprint density at radius 3 is 1.45 bits per heavy atom. The van der Waals surface area contributed by atoms with E-state index >= 15 is 0 Å². The van der Waals surface area contributed by atoms with Crippen molar-refractivity contribution < 1.29 is 29.1 Å². The van der Waals surface area contributed by atoms with Crippen molar-refractivity contribution in [2.45, 2.75) is 103 Å². The molecule has 0 saturated heterocycles. The van der Waals surface area contributed by atoms with Crippen molar-refractivity contribution in [3.05, 3.63) is 166 Å². The number of benzene rings is 8. The van der Waals surface area contributed by atoms with E-state index in [0.29, 0.717) is 39.4 Å². The molecule has 0 unspecified atom stereocenters. The van der Waals surface area contributed by atoms with Crippen molar-refractivity contribution in [3.8, 4) is 11.1 Å². The number of amides is 4. The van der Waals surface area contributed by atoms with Crippen LogP contribution in [0.1, 0.15) is 136 Å². The summed E-state index contributed by atoms with van der Waals surface area (Å²) < 4.78 is 0. The summed E-state index contributed by atoms with van der Waals surface area (Å²) >= 11 is 0. The van der Waals surface area contributed by atoms with Gasteiger partial charge in [-0.05, 0) is 97.2 Å². The number of aliphatic carboxylic acids is 1. The Balaban J connectivity index is 0.905. The van der Waals surface area contributed by atoms with Gasteiger partial charge in [-0.15, -0.1) is 0 Å². The first-order chi connectivity index (χ1) is 33.7. The predicted molar refractivity (Wildman–Crippen MR) is 275 cm³/mol. The van der Waals surface area contributed by atoms with E-state index < -0.39 is 12.0 Å². The summed E-state index contributed by atoms with van der Waals surface area (Å²) in [7, 11) is 0. The lowest BCUT2D eigenvalue weighted by atomic mass is 9.82. The van der Waals surface area contributed by atoms with Gasteiger partial charge < -0.3 is 5.11 Å². The van der Waals surface area contributed by atoms with E-state index in [4.69, 9.17) is 0 Å². The molecular weight excluding hydrogens is 859 g/mol. The molecule has 8 aromatic rings. The Hall–Kier alpha value is -7.52. The van der Waals surface area contributed by atoms with Crippen molar-refractivity contribution in [3.63, 3.8) is 0 Å². The lowest BCUT2D eigenvalue weighted by molar-refractivity contribution is -0.138. The Labute approximate surface area is 401 Å². The number of carboxylic acid groups (broad SMARTS) is 1. The average molecular weight is 914 g/mol. The van der Waals surface area contributed by atoms with E-state index in [1.807, 2.05) is 127 Å². The maximum atomic E-state index is 14.6. The molecule has 0 fully saturated rings. The van der Waals surface area contributed by atoms with Crippen LogP contribution in [0, 0.1) is 0 Å². The highest BCUT2D eigenvalue weighted by molar-refractivity contribution is 6.41. The number of carbonyl (C=O) groups excluding carboxylic acids is 4. The number of carboxylic acids is 1. The highest BCUT2D eigenvalue weighted by Crippen LogP contribution is 2.47. The molecule has 0 bridgehead atoms. The van der Waals surface area contributed by atoms with E-state index in [9.17, 15) is 29.1 Å². The number of imide groups is 2. The molecule has 8 aromatic carbocycles. The molecule has 2 aliphatic heterocycles. The molecule has 0 saturated carbocycles. The van der Waals surface area contributed by atoms with Gasteiger partial charge in [0.1, 0.15) is 0 Å². The van der Waals surface area contributed by atoms with Crippen LogP contribution >= 0.6 is 0 Å². The molecule has 1 N–H and O–H groups in total. The van der Waals surface area contributed by atoms with Crippen molar-refractivity contribution >= 4 is 78.9 Å². The van der Waals surface area contributed by atoms with Gasteiger partial charge in [0.15, 0.2) is 6.04 Å². The van der Waals surface area contributed by atoms with Crippen LogP contribution in [-0.2, 0) is 17.8 Å². The van der Waals surface area contributed by atoms with Crippen LogP contribution in [0.25, 0.3) is 54.2 Å². The van der Waals surface area contributed by atoms with Gasteiger partial charge >= 0.3 is 5.97 Å². The monoisotopic (exact) mass is 913 g/mol. The summed E-state index contributed by atoms with van der Waals surface area (Å²) in [4.78, 5) is 77.1. The first kappa shape index (κ1) is 45.3. The van der Waals surface area contributed by atoms with Crippen LogP contribution in [0.2, 0.25) is 0 Å². The third-order valence-corrected chi connectivity index (χ3v) is 14.4. The van der Waals surface area contributed by atoms with Crippen LogP contribution in [0.3, 0.4) is 0 Å². The van der Waals surface area contributed by atoms with Crippen molar-refractivity contribution in [1.82, 2.24) is 9.80 Å². The number of carbonyl (C=O) groups is 5. The van der Waals surface area contributed by atoms with Gasteiger partial charge in [0.2, 0.25) is 0 Å². The molecule has 2 aliphatic rings. The smallest absolute Gasteiger partial charge is 0.328 e. The standard InChI is InChI=1S/C60H55N3O6/c1-3-5-7-12-16-42(17-13-8-6-4-2)63-58(66)49-32-28-45-43-26-30-47-54-48(31-27-44(52(43)54)46-29-33-50(59(63)67)55(49)53(45)46)57(65)62(56(47)64)36-39-20-24-41(25-21-39)40-22-18-38(19-23-40)35-61-51(60(68)69)34-37-14-10-9-11-15-37/h9-11,14-15,18-33,35,42,51H,3-8,12-13,16-17,34,36H2,1-2H3,(H,68,69)/t51-/m0/s1. The minimum Gasteiger partial charge on any atom is -0.480 e.